The van der Waals surface area contributed by atoms with Gasteiger partial charge in [0.2, 0.25) is 10.0 Å². The van der Waals surface area contributed by atoms with E-state index in [0.29, 0.717) is 23.2 Å². The highest BCUT2D eigenvalue weighted by molar-refractivity contribution is 7.92. The van der Waals surface area contributed by atoms with E-state index in [-0.39, 0.29) is 41.5 Å². The van der Waals surface area contributed by atoms with Crippen molar-refractivity contribution in [2.24, 2.45) is 0 Å². The second-order valence-corrected chi connectivity index (χ2v) is 11.2. The molecule has 3 aromatic rings. The van der Waals surface area contributed by atoms with Gasteiger partial charge in [-0.2, -0.15) is 0 Å². The van der Waals surface area contributed by atoms with Gasteiger partial charge >= 0.3 is 0 Å². The summed E-state index contributed by atoms with van der Waals surface area (Å²) in [6, 6.07) is 9.21. The number of piperazine rings is 1. The molecule has 0 unspecified atom stereocenters. The van der Waals surface area contributed by atoms with Crippen molar-refractivity contribution >= 4 is 32.5 Å². The van der Waals surface area contributed by atoms with Crippen LogP contribution in [0.3, 0.4) is 0 Å². The number of carbonyl (C=O) groups is 1. The Balaban J connectivity index is 1.52. The van der Waals surface area contributed by atoms with E-state index >= 15 is 0 Å². The summed E-state index contributed by atoms with van der Waals surface area (Å²) in [4.78, 5) is 21.3. The Kier molecular flexibility index (Phi) is 6.54. The fourth-order valence-corrected chi connectivity index (χ4v) is 6.13. The third kappa shape index (κ3) is 4.49. The summed E-state index contributed by atoms with van der Waals surface area (Å²) in [5.74, 6) is -1.14. The molecule has 2 aliphatic rings. The lowest BCUT2D eigenvalue weighted by molar-refractivity contribution is 0.0764. The minimum Gasteiger partial charge on any atom is -0.505 e. The van der Waals surface area contributed by atoms with Crippen LogP contribution in [-0.4, -0.2) is 79.7 Å². The number of phenolic OH excluding ortho intramolecular Hbond substituents is 1. The molecule has 0 spiro atoms. The van der Waals surface area contributed by atoms with E-state index in [1.807, 2.05) is 0 Å². The van der Waals surface area contributed by atoms with Crippen LogP contribution in [0.1, 0.15) is 21.5 Å². The zero-order valence-electron chi connectivity index (χ0n) is 19.9. The van der Waals surface area contributed by atoms with Gasteiger partial charge < -0.3 is 15.3 Å². The maximum absolute atomic E-state index is 13.5. The number of sulfonamides is 1. The molecular formula is C25H28FN5O4S. The van der Waals surface area contributed by atoms with E-state index in [9.17, 15) is 22.7 Å². The molecule has 1 fully saturated rings. The Labute approximate surface area is 209 Å². The van der Waals surface area contributed by atoms with Gasteiger partial charge in [-0.15, -0.1) is 0 Å². The number of anilines is 1. The van der Waals surface area contributed by atoms with Crippen molar-refractivity contribution in [1.29, 1.82) is 0 Å². The molecule has 5 rings (SSSR count). The van der Waals surface area contributed by atoms with E-state index in [2.05, 4.69) is 15.2 Å². The molecule has 1 amide bonds. The van der Waals surface area contributed by atoms with Crippen LogP contribution in [0.15, 0.2) is 42.6 Å². The Morgan fingerprint density at radius 3 is 2.61 bits per heavy atom. The van der Waals surface area contributed by atoms with Crippen molar-refractivity contribution in [3.63, 3.8) is 0 Å². The fraction of sp³-hybridized carbons (Fsp3) is 0.360. The molecule has 36 heavy (non-hydrogen) atoms. The third-order valence-corrected chi connectivity index (χ3v) is 8.57. The van der Waals surface area contributed by atoms with Crippen molar-refractivity contribution in [1.82, 2.24) is 20.1 Å². The molecule has 9 nitrogen and oxygen atoms in total. The highest BCUT2D eigenvalue weighted by Crippen LogP contribution is 2.44. The maximum atomic E-state index is 13.5. The lowest BCUT2D eigenvalue weighted by Gasteiger charge is -2.29. The van der Waals surface area contributed by atoms with Crippen LogP contribution >= 0.6 is 0 Å². The van der Waals surface area contributed by atoms with Crippen LogP contribution in [0, 0.1) is 5.82 Å². The van der Waals surface area contributed by atoms with E-state index in [0.717, 1.165) is 31.7 Å². The van der Waals surface area contributed by atoms with E-state index in [1.165, 1.54) is 34.6 Å². The Bertz CT molecular complexity index is 1410. The Morgan fingerprint density at radius 1 is 1.17 bits per heavy atom. The topological polar surface area (TPSA) is 106 Å². The molecule has 2 aliphatic heterocycles. The molecule has 1 aromatic heterocycles. The van der Waals surface area contributed by atoms with Crippen molar-refractivity contribution in [2.45, 2.75) is 13.1 Å². The predicted molar refractivity (Wildman–Crippen MR) is 135 cm³/mol. The zero-order chi connectivity index (χ0) is 25.4. The van der Waals surface area contributed by atoms with Gasteiger partial charge in [0.25, 0.3) is 5.91 Å². The number of aromatic hydroxyl groups is 1. The van der Waals surface area contributed by atoms with Gasteiger partial charge in [0, 0.05) is 70.0 Å². The van der Waals surface area contributed by atoms with Gasteiger partial charge in [0.15, 0.2) is 5.75 Å². The summed E-state index contributed by atoms with van der Waals surface area (Å²) < 4.78 is 41.5. The molecule has 0 bridgehead atoms. The number of phenols is 1. The minimum atomic E-state index is -3.75. The van der Waals surface area contributed by atoms with Crippen molar-refractivity contribution in [3.05, 3.63) is 65.1 Å². The predicted octanol–water partition coefficient (Wildman–Crippen LogP) is 1.91. The first-order valence-corrected chi connectivity index (χ1v) is 13.4. The second-order valence-electron chi connectivity index (χ2n) is 9.11. The summed E-state index contributed by atoms with van der Waals surface area (Å²) >= 11 is 0. The molecule has 11 heteroatoms. The second kappa shape index (κ2) is 9.64. The number of halogens is 1. The number of nitrogens with one attached hydrogen (secondary N) is 1. The smallest absolute Gasteiger partial charge is 0.258 e. The van der Waals surface area contributed by atoms with Gasteiger partial charge in [0.1, 0.15) is 11.3 Å². The number of fused-ring (bicyclic) bond motifs is 2. The van der Waals surface area contributed by atoms with Gasteiger partial charge in [-0.05, 0) is 29.8 Å². The summed E-state index contributed by atoms with van der Waals surface area (Å²) in [6.45, 7) is 3.92. The molecular weight excluding hydrogens is 485 g/mol. The maximum Gasteiger partial charge on any atom is 0.258 e. The van der Waals surface area contributed by atoms with Crippen LogP contribution in [0.5, 0.6) is 5.75 Å². The van der Waals surface area contributed by atoms with Crippen LogP contribution < -0.4 is 9.62 Å². The summed E-state index contributed by atoms with van der Waals surface area (Å²) in [6.07, 6.45) is 1.49. The number of pyridine rings is 1. The number of amides is 1. The van der Waals surface area contributed by atoms with Gasteiger partial charge in [-0.25, -0.2) is 12.8 Å². The SMILES string of the molecule is CN(c1c2c(c(O)c3ncccc13)C(=O)N(Cc1ccc(F)cc1)C2)S(=O)(=O)CCN1CCNCC1. The molecule has 0 radical (unpaired) electrons. The summed E-state index contributed by atoms with van der Waals surface area (Å²) in [5, 5.41) is 14.7. The van der Waals surface area contributed by atoms with Crippen molar-refractivity contribution in [2.75, 3.05) is 49.8 Å². The monoisotopic (exact) mass is 513 g/mol. The van der Waals surface area contributed by atoms with Crippen LogP contribution in [0.25, 0.3) is 10.9 Å². The molecule has 0 atom stereocenters. The number of hydrogen-bond donors (Lipinski definition) is 2. The first-order valence-electron chi connectivity index (χ1n) is 11.8. The van der Waals surface area contributed by atoms with Gasteiger partial charge in [-0.3, -0.25) is 19.0 Å². The zero-order valence-corrected chi connectivity index (χ0v) is 20.8. The number of hydrogen-bond acceptors (Lipinski definition) is 7. The van der Waals surface area contributed by atoms with E-state index < -0.39 is 15.9 Å². The Hall–Kier alpha value is -3.28. The average Bonchev–Trinajstić information content (AvgIpc) is 3.20. The van der Waals surface area contributed by atoms with Crippen LogP contribution in [0.2, 0.25) is 0 Å². The highest BCUT2D eigenvalue weighted by atomic mass is 32.2. The first kappa shape index (κ1) is 24.4. The molecule has 1 saturated heterocycles. The molecule has 0 saturated carbocycles. The minimum absolute atomic E-state index is 0.0578. The van der Waals surface area contributed by atoms with Crippen molar-refractivity contribution < 1.29 is 22.7 Å². The quantitative estimate of drug-likeness (QED) is 0.497. The van der Waals surface area contributed by atoms with Gasteiger partial charge in [-0.1, -0.05) is 12.1 Å². The number of benzene rings is 2. The lowest BCUT2D eigenvalue weighted by atomic mass is 10.0. The average molecular weight is 514 g/mol. The summed E-state index contributed by atoms with van der Waals surface area (Å²) in [7, 11) is -2.26. The Morgan fingerprint density at radius 2 is 1.89 bits per heavy atom. The normalized spacial score (nSPS) is 16.5. The van der Waals surface area contributed by atoms with Crippen LogP contribution in [-0.2, 0) is 23.1 Å². The number of carbonyl (C=O) groups excluding carboxylic acids is 1. The molecule has 2 aromatic carbocycles. The molecule has 3 heterocycles. The standard InChI is InChI=1S/C25H28FN5O4S/c1-29(36(34,35)14-13-30-11-9-27-10-12-30)23-19-3-2-8-28-22(19)24(32)21-20(23)16-31(25(21)33)15-17-4-6-18(26)7-5-17/h2-8,27,32H,9-16H2,1H3. The van der Waals surface area contributed by atoms with E-state index in [4.69, 9.17) is 0 Å². The number of aromatic nitrogens is 1. The third-order valence-electron chi connectivity index (χ3n) is 6.86. The number of rotatable bonds is 7. The molecule has 0 aliphatic carbocycles. The largest absolute Gasteiger partial charge is 0.505 e. The highest BCUT2D eigenvalue weighted by Gasteiger charge is 2.37. The van der Waals surface area contributed by atoms with E-state index in [1.54, 1.807) is 24.3 Å². The van der Waals surface area contributed by atoms with Crippen LogP contribution in [0.4, 0.5) is 10.1 Å². The fourth-order valence-electron chi connectivity index (χ4n) is 4.89. The summed E-state index contributed by atoms with van der Waals surface area (Å²) in [5.41, 5.74) is 1.74. The van der Waals surface area contributed by atoms with Gasteiger partial charge in [0.05, 0.1) is 17.0 Å². The molecule has 190 valence electrons. The first-order chi connectivity index (χ1) is 17.3. The van der Waals surface area contributed by atoms with Crippen molar-refractivity contribution in [3.8, 4) is 5.75 Å². The number of nitrogens with zero attached hydrogens (tertiary/aromatic N) is 4. The lowest BCUT2D eigenvalue weighted by Crippen LogP contribution is -2.46. The molecule has 2 N–H and O–H groups in total.